The maximum Gasteiger partial charge on any atom is 0.128 e. The maximum absolute atomic E-state index is 6.41. The first-order valence-electron chi connectivity index (χ1n) is 10.7. The predicted octanol–water partition coefficient (Wildman–Crippen LogP) is 8.16. The molecule has 2 unspecified atom stereocenters. The molecule has 0 aromatic heterocycles. The molecule has 1 nitrogen and oxygen atoms in total. The van der Waals surface area contributed by atoms with Gasteiger partial charge in [-0.25, -0.2) is 0 Å². The number of fused-ring (bicyclic) bond motifs is 1. The summed E-state index contributed by atoms with van der Waals surface area (Å²) in [6.45, 7) is 11.5. The highest BCUT2D eigenvalue weighted by atomic mass is 16.5. The monoisotopic (exact) mass is 374 g/mol. The molecule has 0 radical (unpaired) electrons. The summed E-state index contributed by atoms with van der Waals surface area (Å²) in [7, 11) is 0. The third-order valence-corrected chi connectivity index (χ3v) is 5.75. The maximum atomic E-state index is 6.41. The van der Waals surface area contributed by atoms with Gasteiger partial charge in [-0.3, -0.25) is 0 Å². The van der Waals surface area contributed by atoms with E-state index in [1.165, 1.54) is 34.7 Å². The molecule has 3 rings (SSSR count). The van der Waals surface area contributed by atoms with E-state index in [2.05, 4.69) is 95.3 Å². The molecule has 0 spiro atoms. The second-order valence-corrected chi connectivity index (χ2v) is 8.69. The zero-order chi connectivity index (χ0) is 20.1. The van der Waals surface area contributed by atoms with Crippen molar-refractivity contribution in [3.05, 3.63) is 77.9 Å². The van der Waals surface area contributed by atoms with Gasteiger partial charge in [0.1, 0.15) is 11.9 Å². The van der Waals surface area contributed by atoms with Crippen LogP contribution in [0.1, 0.15) is 70.6 Å². The van der Waals surface area contributed by atoms with Crippen LogP contribution in [0.4, 0.5) is 0 Å². The summed E-state index contributed by atoms with van der Waals surface area (Å²) in [5.41, 5.74) is 2.67. The average Bonchev–Trinajstić information content (AvgIpc) is 2.69. The van der Waals surface area contributed by atoms with Crippen molar-refractivity contribution in [2.75, 3.05) is 0 Å². The first kappa shape index (κ1) is 20.5. The third kappa shape index (κ3) is 4.76. The van der Waals surface area contributed by atoms with Gasteiger partial charge in [0, 0.05) is 5.39 Å². The molecular formula is C27H34O. The molecule has 0 saturated carbocycles. The van der Waals surface area contributed by atoms with E-state index < -0.39 is 0 Å². The molecule has 148 valence electrons. The minimum atomic E-state index is 0.0253. The van der Waals surface area contributed by atoms with Crippen LogP contribution in [-0.2, 0) is 0 Å². The van der Waals surface area contributed by atoms with Crippen molar-refractivity contribution in [2.45, 2.75) is 59.5 Å². The lowest BCUT2D eigenvalue weighted by molar-refractivity contribution is 0.230. The Balaban J connectivity index is 1.96. The molecule has 0 saturated heterocycles. The summed E-state index contributed by atoms with van der Waals surface area (Å²) in [6.07, 6.45) is 2.53. The Bertz CT molecular complexity index is 879. The van der Waals surface area contributed by atoms with Crippen LogP contribution in [0.25, 0.3) is 10.8 Å². The van der Waals surface area contributed by atoms with Gasteiger partial charge in [0.15, 0.2) is 0 Å². The minimum absolute atomic E-state index is 0.0253. The van der Waals surface area contributed by atoms with Gasteiger partial charge in [-0.15, -0.1) is 0 Å². The zero-order valence-corrected chi connectivity index (χ0v) is 18.0. The van der Waals surface area contributed by atoms with E-state index in [-0.39, 0.29) is 6.10 Å². The molecule has 0 amide bonds. The van der Waals surface area contributed by atoms with Crippen molar-refractivity contribution in [1.29, 1.82) is 0 Å². The Hall–Kier alpha value is -2.28. The van der Waals surface area contributed by atoms with Gasteiger partial charge in [-0.2, -0.15) is 0 Å². The van der Waals surface area contributed by atoms with E-state index in [9.17, 15) is 0 Å². The van der Waals surface area contributed by atoms with Crippen LogP contribution in [0.3, 0.4) is 0 Å². The summed E-state index contributed by atoms with van der Waals surface area (Å²) in [6, 6.07) is 23.6. The Morgan fingerprint density at radius 3 is 2.04 bits per heavy atom. The number of rotatable bonds is 8. The van der Waals surface area contributed by atoms with E-state index in [4.69, 9.17) is 4.74 Å². The highest BCUT2D eigenvalue weighted by Crippen LogP contribution is 2.38. The van der Waals surface area contributed by atoms with Crippen LogP contribution in [0.2, 0.25) is 0 Å². The molecular weight excluding hydrogens is 340 g/mol. The summed E-state index contributed by atoms with van der Waals surface area (Å²) in [4.78, 5) is 0. The largest absolute Gasteiger partial charge is 0.485 e. The molecule has 0 aliphatic rings. The van der Waals surface area contributed by atoms with Crippen LogP contribution < -0.4 is 4.74 Å². The normalized spacial score (nSPS) is 13.8. The van der Waals surface area contributed by atoms with Gasteiger partial charge in [0.2, 0.25) is 0 Å². The van der Waals surface area contributed by atoms with E-state index in [0.717, 1.165) is 11.7 Å². The van der Waals surface area contributed by atoms with Gasteiger partial charge in [0.05, 0.1) is 0 Å². The number of benzene rings is 3. The average molecular weight is 375 g/mol. The van der Waals surface area contributed by atoms with Crippen LogP contribution in [-0.4, -0.2) is 0 Å². The van der Waals surface area contributed by atoms with E-state index in [1.54, 1.807) is 0 Å². The second kappa shape index (κ2) is 9.28. The first-order valence-corrected chi connectivity index (χ1v) is 10.7. The molecule has 1 heteroatoms. The van der Waals surface area contributed by atoms with Gasteiger partial charge in [-0.1, -0.05) is 94.8 Å². The van der Waals surface area contributed by atoms with Crippen molar-refractivity contribution in [2.24, 2.45) is 11.8 Å². The van der Waals surface area contributed by atoms with E-state index in [1.807, 2.05) is 6.07 Å². The minimum Gasteiger partial charge on any atom is -0.485 e. The zero-order valence-electron chi connectivity index (χ0n) is 18.0. The summed E-state index contributed by atoms with van der Waals surface area (Å²) >= 11 is 0. The molecule has 3 aromatic carbocycles. The lowest BCUT2D eigenvalue weighted by atomic mass is 9.81. The van der Waals surface area contributed by atoms with Crippen LogP contribution >= 0.6 is 0 Å². The van der Waals surface area contributed by atoms with Crippen LogP contribution in [0.5, 0.6) is 5.75 Å². The lowest BCUT2D eigenvalue weighted by Crippen LogP contribution is -2.09. The molecule has 2 atom stereocenters. The van der Waals surface area contributed by atoms with Crippen molar-refractivity contribution in [3.63, 3.8) is 0 Å². The molecule has 0 N–H and O–H groups in total. The van der Waals surface area contributed by atoms with Gasteiger partial charge >= 0.3 is 0 Å². The van der Waals surface area contributed by atoms with Crippen molar-refractivity contribution in [3.8, 4) is 5.75 Å². The Kier molecular flexibility index (Phi) is 6.78. The topological polar surface area (TPSA) is 9.23 Å². The number of hydrogen-bond donors (Lipinski definition) is 0. The molecule has 0 aliphatic heterocycles. The number of hydrogen-bond acceptors (Lipinski definition) is 1. The van der Waals surface area contributed by atoms with Crippen molar-refractivity contribution >= 4 is 10.8 Å². The van der Waals surface area contributed by atoms with E-state index >= 15 is 0 Å². The summed E-state index contributed by atoms with van der Waals surface area (Å²) in [5.74, 6) is 2.91. The van der Waals surface area contributed by atoms with E-state index in [0.29, 0.717) is 11.8 Å². The molecule has 0 heterocycles. The summed E-state index contributed by atoms with van der Waals surface area (Å²) < 4.78 is 6.41. The Morgan fingerprint density at radius 1 is 0.679 bits per heavy atom. The van der Waals surface area contributed by atoms with Crippen molar-refractivity contribution < 1.29 is 4.74 Å². The fraction of sp³-hybridized carbons (Fsp3) is 0.407. The fourth-order valence-corrected chi connectivity index (χ4v) is 4.07. The second-order valence-electron chi connectivity index (χ2n) is 8.69. The highest BCUT2D eigenvalue weighted by Gasteiger charge is 2.20. The Morgan fingerprint density at radius 2 is 1.36 bits per heavy atom. The smallest absolute Gasteiger partial charge is 0.128 e. The fourth-order valence-electron chi connectivity index (χ4n) is 4.07. The SMILES string of the molecule is CC(C)CCC(c1cccc2c(OC(C)c3ccccc3)cccc12)C(C)C. The standard InChI is InChI=1S/C27H34O/c1-19(2)17-18-23(20(3)4)24-13-9-15-26-25(24)14-10-16-27(26)28-21(5)22-11-7-6-8-12-22/h6-16,19-21,23H,17-18H2,1-5H3. The van der Waals surface area contributed by atoms with Gasteiger partial charge in [0.25, 0.3) is 0 Å². The predicted molar refractivity (Wildman–Crippen MR) is 121 cm³/mol. The summed E-state index contributed by atoms with van der Waals surface area (Å²) in [5, 5.41) is 2.56. The first-order chi connectivity index (χ1) is 13.5. The molecule has 0 bridgehead atoms. The third-order valence-electron chi connectivity index (χ3n) is 5.75. The molecule has 3 aromatic rings. The van der Waals surface area contributed by atoms with Crippen LogP contribution in [0.15, 0.2) is 66.7 Å². The number of ether oxygens (including phenoxy) is 1. The molecule has 0 aliphatic carbocycles. The van der Waals surface area contributed by atoms with Gasteiger partial charge in [-0.05, 0) is 53.7 Å². The quantitative estimate of drug-likeness (QED) is 0.386. The molecule has 0 fully saturated rings. The van der Waals surface area contributed by atoms with Crippen LogP contribution in [0, 0.1) is 11.8 Å². The van der Waals surface area contributed by atoms with Gasteiger partial charge < -0.3 is 4.74 Å². The highest BCUT2D eigenvalue weighted by molar-refractivity contribution is 5.91. The molecule has 28 heavy (non-hydrogen) atoms. The van der Waals surface area contributed by atoms with Crippen molar-refractivity contribution in [1.82, 2.24) is 0 Å². The lowest BCUT2D eigenvalue weighted by Gasteiger charge is -2.25. The Labute approximate surface area is 170 Å².